The minimum absolute atomic E-state index is 0.261. The van der Waals surface area contributed by atoms with Crippen LogP contribution in [0, 0.1) is 5.92 Å². The van der Waals surface area contributed by atoms with E-state index >= 15 is 0 Å². The summed E-state index contributed by atoms with van der Waals surface area (Å²) < 4.78 is 5.34. The summed E-state index contributed by atoms with van der Waals surface area (Å²) in [7, 11) is 0. The highest BCUT2D eigenvalue weighted by molar-refractivity contribution is 5.76. The van der Waals surface area contributed by atoms with Crippen molar-refractivity contribution < 1.29 is 9.53 Å². The number of fused-ring (bicyclic) bond motifs is 4. The molecule has 3 saturated heterocycles. The Morgan fingerprint density at radius 1 is 1.17 bits per heavy atom. The van der Waals surface area contributed by atoms with Crippen LogP contribution in [0.3, 0.4) is 0 Å². The summed E-state index contributed by atoms with van der Waals surface area (Å²) in [5, 5.41) is 0. The second kappa shape index (κ2) is 7.93. The molecule has 0 N–H and O–H groups in total. The van der Waals surface area contributed by atoms with Gasteiger partial charge in [-0.3, -0.25) is 9.69 Å². The first-order valence-corrected chi connectivity index (χ1v) is 8.89. The first-order chi connectivity index (χ1) is 11.3. The van der Waals surface area contributed by atoms with Crippen molar-refractivity contribution in [3.05, 3.63) is 35.9 Å². The van der Waals surface area contributed by atoms with E-state index in [1.807, 2.05) is 6.92 Å². The zero-order chi connectivity index (χ0) is 16.1. The summed E-state index contributed by atoms with van der Waals surface area (Å²) in [5.41, 5.74) is 1.37. The van der Waals surface area contributed by atoms with Gasteiger partial charge in [-0.1, -0.05) is 30.3 Å². The minimum Gasteiger partial charge on any atom is -0.381 e. The molecule has 3 fully saturated rings. The lowest BCUT2D eigenvalue weighted by Crippen LogP contribution is -2.44. The number of carbonyl (C=O) groups excluding carboxylic acids is 1. The molecule has 3 heterocycles. The van der Waals surface area contributed by atoms with Crippen molar-refractivity contribution in [3.63, 3.8) is 0 Å². The molecule has 4 heteroatoms. The van der Waals surface area contributed by atoms with E-state index < -0.39 is 0 Å². The van der Waals surface area contributed by atoms with E-state index in [1.165, 1.54) is 18.4 Å². The molecule has 4 nitrogen and oxygen atoms in total. The second-order valence-electron chi connectivity index (χ2n) is 6.76. The number of nitrogens with zero attached hydrogens (tertiary/aromatic N) is 2. The Bertz CT molecular complexity index is 505. The first-order valence-electron chi connectivity index (χ1n) is 8.89. The van der Waals surface area contributed by atoms with Gasteiger partial charge in [0.15, 0.2) is 0 Å². The molecule has 0 unspecified atom stereocenters. The maximum Gasteiger partial charge on any atom is 0.224 e. The molecule has 2 bridgehead atoms. The Labute approximate surface area is 139 Å². The number of hydrogen-bond donors (Lipinski definition) is 0. The summed E-state index contributed by atoms with van der Waals surface area (Å²) in [4.78, 5) is 17.1. The third kappa shape index (κ3) is 4.33. The second-order valence-corrected chi connectivity index (χ2v) is 6.76. The van der Waals surface area contributed by atoms with E-state index in [1.54, 1.807) is 0 Å². The lowest BCUT2D eigenvalue weighted by Gasteiger charge is -2.36. The fourth-order valence-corrected chi connectivity index (χ4v) is 3.86. The van der Waals surface area contributed by atoms with Gasteiger partial charge in [-0.05, 0) is 31.2 Å². The van der Waals surface area contributed by atoms with Crippen LogP contribution in [0.1, 0.15) is 31.7 Å². The SMILES string of the molecule is CCOCCC(=O)N1C[C@H]2CC[C@@H](C1)N(Cc1ccccc1)C2. The van der Waals surface area contributed by atoms with E-state index in [9.17, 15) is 4.79 Å². The molecule has 4 rings (SSSR count). The highest BCUT2D eigenvalue weighted by Gasteiger charge is 2.36. The van der Waals surface area contributed by atoms with E-state index in [0.29, 0.717) is 31.6 Å². The largest absolute Gasteiger partial charge is 0.381 e. The van der Waals surface area contributed by atoms with Gasteiger partial charge in [0.05, 0.1) is 13.0 Å². The molecule has 1 aromatic carbocycles. The first kappa shape index (κ1) is 16.5. The normalized spacial score (nSPS) is 24.7. The molecule has 0 spiro atoms. The fraction of sp³-hybridized carbons (Fsp3) is 0.632. The van der Waals surface area contributed by atoms with Crippen LogP contribution in [0.25, 0.3) is 0 Å². The van der Waals surface area contributed by atoms with Crippen LogP contribution in [-0.4, -0.2) is 54.6 Å². The van der Waals surface area contributed by atoms with Gasteiger partial charge in [0.2, 0.25) is 5.91 Å². The van der Waals surface area contributed by atoms with Gasteiger partial charge in [-0.2, -0.15) is 0 Å². The van der Waals surface area contributed by atoms with Crippen LogP contribution in [0.2, 0.25) is 0 Å². The number of benzene rings is 1. The van der Waals surface area contributed by atoms with Gasteiger partial charge in [-0.25, -0.2) is 0 Å². The predicted molar refractivity (Wildman–Crippen MR) is 91.1 cm³/mol. The van der Waals surface area contributed by atoms with Gasteiger partial charge < -0.3 is 9.64 Å². The molecule has 0 saturated carbocycles. The van der Waals surface area contributed by atoms with E-state index in [4.69, 9.17) is 4.74 Å². The molecule has 0 radical (unpaired) electrons. The number of rotatable bonds is 6. The van der Waals surface area contributed by atoms with Gasteiger partial charge in [0.1, 0.15) is 0 Å². The highest BCUT2D eigenvalue weighted by atomic mass is 16.5. The van der Waals surface area contributed by atoms with Crippen LogP contribution in [0.4, 0.5) is 0 Å². The Balaban J connectivity index is 1.60. The number of ether oxygens (including phenoxy) is 1. The van der Waals surface area contributed by atoms with E-state index in [2.05, 4.69) is 40.1 Å². The number of hydrogen-bond acceptors (Lipinski definition) is 3. The number of amides is 1. The summed E-state index contributed by atoms with van der Waals surface area (Å²) in [5.74, 6) is 0.880. The Morgan fingerprint density at radius 2 is 2.00 bits per heavy atom. The van der Waals surface area contributed by atoms with Crippen LogP contribution < -0.4 is 0 Å². The maximum atomic E-state index is 12.4. The average Bonchev–Trinajstić information content (AvgIpc) is 2.88. The molecular formula is C19H28N2O2. The van der Waals surface area contributed by atoms with Crippen molar-refractivity contribution in [2.75, 3.05) is 32.8 Å². The smallest absolute Gasteiger partial charge is 0.224 e. The van der Waals surface area contributed by atoms with E-state index in [-0.39, 0.29) is 5.91 Å². The van der Waals surface area contributed by atoms with Crippen molar-refractivity contribution in [1.82, 2.24) is 9.80 Å². The van der Waals surface area contributed by atoms with Crippen molar-refractivity contribution in [2.24, 2.45) is 5.92 Å². The quantitative estimate of drug-likeness (QED) is 0.756. The molecule has 0 aliphatic carbocycles. The Kier molecular flexibility index (Phi) is 5.68. The minimum atomic E-state index is 0.261. The zero-order valence-electron chi connectivity index (χ0n) is 14.1. The topological polar surface area (TPSA) is 32.8 Å². The van der Waals surface area contributed by atoms with Crippen LogP contribution in [0.5, 0.6) is 0 Å². The van der Waals surface area contributed by atoms with Crippen molar-refractivity contribution >= 4 is 5.91 Å². The lowest BCUT2D eigenvalue weighted by molar-refractivity contribution is -0.132. The maximum absolute atomic E-state index is 12.4. The zero-order valence-corrected chi connectivity index (χ0v) is 14.1. The lowest BCUT2D eigenvalue weighted by atomic mass is 9.94. The fourth-order valence-electron chi connectivity index (χ4n) is 3.86. The van der Waals surface area contributed by atoms with Crippen molar-refractivity contribution in [3.8, 4) is 0 Å². The molecular weight excluding hydrogens is 288 g/mol. The monoisotopic (exact) mass is 316 g/mol. The molecule has 1 amide bonds. The van der Waals surface area contributed by atoms with Gasteiger partial charge in [0, 0.05) is 38.8 Å². The summed E-state index contributed by atoms with van der Waals surface area (Å²) >= 11 is 0. The number of piperidine rings is 1. The summed E-state index contributed by atoms with van der Waals surface area (Å²) in [6.45, 7) is 7.13. The molecule has 3 aliphatic rings. The Hall–Kier alpha value is -1.39. The molecule has 2 atom stereocenters. The molecule has 23 heavy (non-hydrogen) atoms. The molecule has 126 valence electrons. The molecule has 0 aromatic heterocycles. The van der Waals surface area contributed by atoms with E-state index in [0.717, 1.165) is 26.2 Å². The Morgan fingerprint density at radius 3 is 2.78 bits per heavy atom. The van der Waals surface area contributed by atoms with Crippen LogP contribution >= 0.6 is 0 Å². The summed E-state index contributed by atoms with van der Waals surface area (Å²) in [6, 6.07) is 11.2. The van der Waals surface area contributed by atoms with Crippen LogP contribution in [0.15, 0.2) is 30.3 Å². The predicted octanol–water partition coefficient (Wildman–Crippen LogP) is 2.54. The summed E-state index contributed by atoms with van der Waals surface area (Å²) in [6.07, 6.45) is 2.99. The van der Waals surface area contributed by atoms with Gasteiger partial charge in [-0.15, -0.1) is 0 Å². The van der Waals surface area contributed by atoms with Crippen molar-refractivity contribution in [2.45, 2.75) is 38.8 Å². The van der Waals surface area contributed by atoms with Gasteiger partial charge in [0.25, 0.3) is 0 Å². The van der Waals surface area contributed by atoms with Gasteiger partial charge >= 0.3 is 0 Å². The third-order valence-electron chi connectivity index (χ3n) is 5.07. The molecule has 3 aliphatic heterocycles. The number of carbonyl (C=O) groups is 1. The molecule has 1 aromatic rings. The van der Waals surface area contributed by atoms with Crippen LogP contribution in [-0.2, 0) is 16.1 Å². The van der Waals surface area contributed by atoms with Crippen molar-refractivity contribution in [1.29, 1.82) is 0 Å². The highest BCUT2D eigenvalue weighted by Crippen LogP contribution is 2.29. The average molecular weight is 316 g/mol. The standard InChI is InChI=1S/C19H28N2O2/c1-2-23-11-10-19(22)21-14-17-8-9-18(15-21)20(13-17)12-16-6-4-3-5-7-16/h3-7,17-18H,2,8-15H2,1H3/t17-,18-/m0/s1. The third-order valence-corrected chi connectivity index (χ3v) is 5.07.